The number of fused-ring (bicyclic) bond motifs is 1. The molecule has 102 valence electrons. The number of anilines is 2. The van der Waals surface area contributed by atoms with Crippen molar-refractivity contribution < 1.29 is 9.18 Å². The second-order valence-corrected chi connectivity index (χ2v) is 5.22. The molecule has 2 N–H and O–H groups in total. The Morgan fingerprint density at radius 1 is 1.25 bits per heavy atom. The average molecular weight is 291 g/mol. The van der Waals surface area contributed by atoms with Crippen LogP contribution in [0.5, 0.6) is 0 Å². The molecule has 0 spiro atoms. The molecule has 0 saturated carbocycles. The number of hydrogen-bond donors (Lipinski definition) is 2. The second-order valence-electron chi connectivity index (χ2n) is 4.78. The maximum absolute atomic E-state index is 13.8. The molecule has 1 amide bonds. The number of amides is 1. The molecule has 0 radical (unpaired) electrons. The fraction of sp³-hybridized carbons (Fsp3) is 0.133. The van der Waals surface area contributed by atoms with Crippen LogP contribution in [-0.2, 0) is 4.79 Å². The monoisotopic (exact) mass is 290 g/mol. The van der Waals surface area contributed by atoms with Crippen LogP contribution >= 0.6 is 11.6 Å². The van der Waals surface area contributed by atoms with E-state index in [9.17, 15) is 9.18 Å². The highest BCUT2D eigenvalue weighted by Gasteiger charge is 2.30. The van der Waals surface area contributed by atoms with E-state index in [0.717, 1.165) is 16.8 Å². The van der Waals surface area contributed by atoms with Gasteiger partial charge in [0, 0.05) is 16.3 Å². The summed E-state index contributed by atoms with van der Waals surface area (Å²) >= 11 is 5.86. The van der Waals surface area contributed by atoms with Gasteiger partial charge in [0.25, 0.3) is 5.91 Å². The zero-order valence-corrected chi connectivity index (χ0v) is 11.5. The molecule has 1 heterocycles. The van der Waals surface area contributed by atoms with Gasteiger partial charge in [0.15, 0.2) is 0 Å². The molecule has 1 aliphatic heterocycles. The Hall–Kier alpha value is -2.07. The third kappa shape index (κ3) is 2.23. The molecule has 5 heteroatoms. The minimum absolute atomic E-state index is 0.204. The van der Waals surface area contributed by atoms with E-state index >= 15 is 0 Å². The molecule has 2 aromatic carbocycles. The first kappa shape index (κ1) is 12.9. The summed E-state index contributed by atoms with van der Waals surface area (Å²) in [6, 6.07) is 9.27. The predicted molar refractivity (Wildman–Crippen MR) is 77.6 cm³/mol. The van der Waals surface area contributed by atoms with Crippen molar-refractivity contribution in [3.63, 3.8) is 0 Å². The molecule has 3 nitrogen and oxygen atoms in total. The lowest BCUT2D eigenvalue weighted by atomic mass is 10.1. The third-order valence-corrected chi connectivity index (χ3v) is 3.50. The normalized spacial score (nSPS) is 16.8. The molecule has 1 unspecified atom stereocenters. The van der Waals surface area contributed by atoms with Gasteiger partial charge in [0.05, 0.1) is 5.69 Å². The Labute approximate surface area is 120 Å². The number of benzene rings is 2. The summed E-state index contributed by atoms with van der Waals surface area (Å²) < 4.78 is 13.8. The zero-order chi connectivity index (χ0) is 14.3. The summed E-state index contributed by atoms with van der Waals surface area (Å²) in [6.45, 7) is 1.94. The fourth-order valence-corrected chi connectivity index (χ4v) is 2.46. The van der Waals surface area contributed by atoms with E-state index in [2.05, 4.69) is 10.6 Å². The van der Waals surface area contributed by atoms with Gasteiger partial charge in [-0.1, -0.05) is 29.3 Å². The molecule has 0 aromatic heterocycles. The van der Waals surface area contributed by atoms with E-state index in [1.807, 2.05) is 25.1 Å². The number of halogens is 2. The Kier molecular flexibility index (Phi) is 3.10. The number of carbonyl (C=O) groups is 1. The molecule has 3 rings (SSSR count). The second kappa shape index (κ2) is 4.80. The Bertz CT molecular complexity index is 702. The number of nitrogens with one attached hydrogen (secondary N) is 2. The van der Waals surface area contributed by atoms with Crippen LogP contribution in [0.3, 0.4) is 0 Å². The molecule has 0 saturated heterocycles. The molecule has 2 aromatic rings. The first-order chi connectivity index (χ1) is 9.54. The Balaban J connectivity index is 1.97. The van der Waals surface area contributed by atoms with Crippen molar-refractivity contribution in [3.8, 4) is 0 Å². The standard InChI is InChI=1S/C15H12ClFN2O/c1-8-2-5-12-10(6-8)14(15(20)19-12)18-13-7-9(16)3-4-11(13)17/h2-7,14,18H,1H3,(H,19,20). The van der Waals surface area contributed by atoms with E-state index in [0.29, 0.717) is 5.02 Å². The van der Waals surface area contributed by atoms with Gasteiger partial charge >= 0.3 is 0 Å². The molecule has 20 heavy (non-hydrogen) atoms. The Morgan fingerprint density at radius 2 is 2.05 bits per heavy atom. The van der Waals surface area contributed by atoms with E-state index in [1.54, 1.807) is 0 Å². The highest BCUT2D eigenvalue weighted by Crippen LogP contribution is 2.34. The van der Waals surface area contributed by atoms with Gasteiger partial charge in [-0.2, -0.15) is 0 Å². The highest BCUT2D eigenvalue weighted by molar-refractivity contribution is 6.30. The van der Waals surface area contributed by atoms with E-state index in [-0.39, 0.29) is 11.6 Å². The smallest absolute Gasteiger partial charge is 0.251 e. The number of hydrogen-bond acceptors (Lipinski definition) is 2. The molecule has 1 atom stereocenters. The lowest BCUT2D eigenvalue weighted by Gasteiger charge is -2.14. The van der Waals surface area contributed by atoms with E-state index < -0.39 is 11.9 Å². The number of aryl methyl sites for hydroxylation is 1. The molecule has 1 aliphatic rings. The Morgan fingerprint density at radius 3 is 2.85 bits per heavy atom. The van der Waals surface area contributed by atoms with Crippen LogP contribution in [0, 0.1) is 12.7 Å². The molecule has 0 fully saturated rings. The van der Waals surface area contributed by atoms with Gasteiger partial charge in [-0.15, -0.1) is 0 Å². The summed E-state index contributed by atoms with van der Waals surface area (Å²) in [6.07, 6.45) is 0. The SMILES string of the molecule is Cc1ccc2c(c1)C(Nc1cc(Cl)ccc1F)C(=O)N2. The summed E-state index contributed by atoms with van der Waals surface area (Å²) in [5, 5.41) is 6.10. The van der Waals surface area contributed by atoms with Crippen LogP contribution in [0.25, 0.3) is 0 Å². The summed E-state index contributed by atoms with van der Waals surface area (Å²) in [7, 11) is 0. The third-order valence-electron chi connectivity index (χ3n) is 3.27. The summed E-state index contributed by atoms with van der Waals surface area (Å²) in [5.74, 6) is -0.645. The van der Waals surface area contributed by atoms with Crippen LogP contribution in [0.15, 0.2) is 36.4 Å². The first-order valence-corrected chi connectivity index (χ1v) is 6.55. The molecular formula is C15H12ClFN2O. The summed E-state index contributed by atoms with van der Waals surface area (Å²) in [4.78, 5) is 12.0. The maximum Gasteiger partial charge on any atom is 0.251 e. The predicted octanol–water partition coefficient (Wildman–Crippen LogP) is 3.89. The fourth-order valence-electron chi connectivity index (χ4n) is 2.29. The zero-order valence-electron chi connectivity index (χ0n) is 10.7. The largest absolute Gasteiger partial charge is 0.368 e. The van der Waals surface area contributed by atoms with Crippen molar-refractivity contribution >= 4 is 28.9 Å². The first-order valence-electron chi connectivity index (χ1n) is 6.17. The van der Waals surface area contributed by atoms with Crippen molar-refractivity contribution in [3.05, 3.63) is 58.4 Å². The van der Waals surface area contributed by atoms with Gasteiger partial charge < -0.3 is 10.6 Å². The molecular weight excluding hydrogens is 279 g/mol. The van der Waals surface area contributed by atoms with Crippen LogP contribution in [0.4, 0.5) is 15.8 Å². The highest BCUT2D eigenvalue weighted by atomic mass is 35.5. The van der Waals surface area contributed by atoms with Crippen LogP contribution in [0.2, 0.25) is 5.02 Å². The molecule has 0 bridgehead atoms. The van der Waals surface area contributed by atoms with Gasteiger partial charge in [0.2, 0.25) is 0 Å². The van der Waals surface area contributed by atoms with Crippen molar-refractivity contribution in [2.24, 2.45) is 0 Å². The van der Waals surface area contributed by atoms with Crippen molar-refractivity contribution in [2.75, 3.05) is 10.6 Å². The molecule has 0 aliphatic carbocycles. The topological polar surface area (TPSA) is 41.1 Å². The minimum Gasteiger partial charge on any atom is -0.368 e. The number of carbonyl (C=O) groups excluding carboxylic acids is 1. The van der Waals surface area contributed by atoms with E-state index in [4.69, 9.17) is 11.6 Å². The van der Waals surface area contributed by atoms with Crippen molar-refractivity contribution in [1.82, 2.24) is 0 Å². The van der Waals surface area contributed by atoms with Crippen LogP contribution in [-0.4, -0.2) is 5.91 Å². The quantitative estimate of drug-likeness (QED) is 0.881. The van der Waals surface area contributed by atoms with Gasteiger partial charge in [-0.05, 0) is 31.2 Å². The summed E-state index contributed by atoms with van der Waals surface area (Å²) in [5.41, 5.74) is 2.82. The van der Waals surface area contributed by atoms with Crippen LogP contribution in [0.1, 0.15) is 17.2 Å². The lowest BCUT2D eigenvalue weighted by Crippen LogP contribution is -2.20. The minimum atomic E-state index is -0.613. The van der Waals surface area contributed by atoms with E-state index in [1.165, 1.54) is 18.2 Å². The number of rotatable bonds is 2. The maximum atomic E-state index is 13.8. The van der Waals surface area contributed by atoms with Crippen molar-refractivity contribution in [2.45, 2.75) is 13.0 Å². The lowest BCUT2D eigenvalue weighted by molar-refractivity contribution is -0.116. The van der Waals surface area contributed by atoms with Gasteiger partial charge in [-0.25, -0.2) is 4.39 Å². The van der Waals surface area contributed by atoms with Gasteiger partial charge in [0.1, 0.15) is 11.9 Å². The average Bonchev–Trinajstić information content (AvgIpc) is 2.70. The van der Waals surface area contributed by atoms with Crippen LogP contribution < -0.4 is 10.6 Å². The van der Waals surface area contributed by atoms with Gasteiger partial charge in [-0.3, -0.25) is 4.79 Å². The van der Waals surface area contributed by atoms with Crippen molar-refractivity contribution in [1.29, 1.82) is 0 Å².